The van der Waals surface area contributed by atoms with Gasteiger partial charge < -0.3 is 4.57 Å². The van der Waals surface area contributed by atoms with Gasteiger partial charge in [0.15, 0.2) is 0 Å². The van der Waals surface area contributed by atoms with Crippen LogP contribution in [-0.4, -0.2) is 33.6 Å². The molecule has 5 heteroatoms. The third-order valence-electron chi connectivity index (χ3n) is 6.68. The van der Waals surface area contributed by atoms with Gasteiger partial charge in [0.1, 0.15) is 0 Å². The molecule has 0 unspecified atom stereocenters. The van der Waals surface area contributed by atoms with E-state index in [1.165, 1.54) is 49.8 Å². The van der Waals surface area contributed by atoms with Crippen LogP contribution in [0, 0.1) is 0 Å². The van der Waals surface area contributed by atoms with Crippen molar-refractivity contribution in [2.75, 3.05) is 13.1 Å². The van der Waals surface area contributed by atoms with Crippen LogP contribution in [0.5, 0.6) is 0 Å². The van der Waals surface area contributed by atoms with E-state index in [4.69, 9.17) is 23.2 Å². The number of aromatic nitrogens is 2. The van der Waals surface area contributed by atoms with Crippen LogP contribution in [0.1, 0.15) is 49.7 Å². The first-order valence-electron chi connectivity index (χ1n) is 11.0. The highest BCUT2D eigenvalue weighted by molar-refractivity contribution is 6.35. The smallest absolute Gasteiger partial charge is 0.0961 e. The summed E-state index contributed by atoms with van der Waals surface area (Å²) in [6.45, 7) is 2.94. The van der Waals surface area contributed by atoms with E-state index in [-0.39, 0.29) is 0 Å². The van der Waals surface area contributed by atoms with Crippen molar-refractivity contribution in [3.63, 3.8) is 0 Å². The van der Waals surface area contributed by atoms with Crippen molar-refractivity contribution >= 4 is 39.8 Å². The molecule has 3 aromatic rings. The molecule has 156 valence electrons. The van der Waals surface area contributed by atoms with E-state index >= 15 is 0 Å². The molecule has 1 aliphatic heterocycles. The normalized spacial score (nSPS) is 18.7. The highest BCUT2D eigenvalue weighted by Crippen LogP contribution is 2.30. The van der Waals surface area contributed by atoms with Gasteiger partial charge in [0, 0.05) is 29.2 Å². The van der Waals surface area contributed by atoms with E-state index in [1.807, 2.05) is 18.5 Å². The number of rotatable bonds is 4. The molecule has 0 atom stereocenters. The van der Waals surface area contributed by atoms with Gasteiger partial charge in [0.2, 0.25) is 0 Å². The van der Waals surface area contributed by atoms with E-state index in [0.29, 0.717) is 16.6 Å². The lowest BCUT2D eigenvalue weighted by atomic mass is 9.92. The molecular formula is C25H27Cl2N3. The summed E-state index contributed by atoms with van der Waals surface area (Å²) in [7, 11) is 0. The zero-order valence-corrected chi connectivity index (χ0v) is 18.7. The van der Waals surface area contributed by atoms with Gasteiger partial charge in [-0.2, -0.15) is 0 Å². The van der Waals surface area contributed by atoms with E-state index in [9.17, 15) is 0 Å². The van der Waals surface area contributed by atoms with E-state index < -0.39 is 0 Å². The van der Waals surface area contributed by atoms with Crippen molar-refractivity contribution in [1.82, 2.24) is 14.5 Å². The van der Waals surface area contributed by atoms with Crippen LogP contribution >= 0.6 is 23.2 Å². The molecule has 0 radical (unpaired) electrons. The van der Waals surface area contributed by atoms with Gasteiger partial charge in [0.05, 0.1) is 23.9 Å². The molecule has 2 aliphatic rings. The third kappa shape index (κ3) is 4.16. The molecule has 1 aliphatic carbocycles. The lowest BCUT2D eigenvalue weighted by Crippen LogP contribution is -2.39. The Morgan fingerprint density at radius 2 is 1.87 bits per heavy atom. The molecule has 5 rings (SSSR count). The summed E-state index contributed by atoms with van der Waals surface area (Å²) < 4.78 is 2.17. The highest BCUT2D eigenvalue weighted by atomic mass is 35.5. The molecule has 0 saturated heterocycles. The van der Waals surface area contributed by atoms with Gasteiger partial charge in [-0.25, -0.2) is 4.98 Å². The van der Waals surface area contributed by atoms with Crippen LogP contribution in [0.3, 0.4) is 0 Å². The number of hydrogen-bond donors (Lipinski definition) is 0. The Hall–Kier alpha value is -1.81. The van der Waals surface area contributed by atoms with Gasteiger partial charge in [-0.3, -0.25) is 4.90 Å². The predicted molar refractivity (Wildman–Crippen MR) is 126 cm³/mol. The number of halogens is 2. The van der Waals surface area contributed by atoms with Crippen molar-refractivity contribution in [1.29, 1.82) is 0 Å². The lowest BCUT2D eigenvalue weighted by molar-refractivity contribution is 0.171. The maximum atomic E-state index is 6.40. The second kappa shape index (κ2) is 8.74. The molecule has 1 fully saturated rings. The molecule has 0 spiro atoms. The van der Waals surface area contributed by atoms with Crippen molar-refractivity contribution < 1.29 is 0 Å². The zero-order chi connectivity index (χ0) is 20.5. The Labute approximate surface area is 188 Å². The fourth-order valence-corrected chi connectivity index (χ4v) is 5.41. The number of imidazole rings is 1. The maximum absolute atomic E-state index is 6.40. The maximum Gasteiger partial charge on any atom is 0.0961 e. The fourth-order valence-electron chi connectivity index (χ4n) is 4.94. The van der Waals surface area contributed by atoms with Crippen LogP contribution in [0.15, 0.2) is 48.8 Å². The zero-order valence-electron chi connectivity index (χ0n) is 17.2. The monoisotopic (exact) mass is 439 g/mol. The van der Waals surface area contributed by atoms with E-state index in [2.05, 4.69) is 38.7 Å². The van der Waals surface area contributed by atoms with Gasteiger partial charge in [-0.15, -0.1) is 0 Å². The van der Waals surface area contributed by atoms with Crippen molar-refractivity contribution in [2.45, 2.75) is 51.1 Å². The third-order valence-corrected chi connectivity index (χ3v) is 7.27. The van der Waals surface area contributed by atoms with Crippen LogP contribution in [0.4, 0.5) is 0 Å². The number of benzene rings is 2. The van der Waals surface area contributed by atoms with Crippen molar-refractivity contribution in [3.8, 4) is 0 Å². The van der Waals surface area contributed by atoms with E-state index in [1.54, 1.807) is 6.07 Å². The van der Waals surface area contributed by atoms with Crippen LogP contribution in [0.25, 0.3) is 16.6 Å². The van der Waals surface area contributed by atoms with Crippen LogP contribution < -0.4 is 0 Å². The molecule has 2 aromatic carbocycles. The lowest BCUT2D eigenvalue weighted by Gasteiger charge is -2.36. The molecule has 1 aromatic heterocycles. The molecule has 0 bridgehead atoms. The number of nitrogens with zero attached hydrogens (tertiary/aromatic N) is 3. The molecule has 0 amide bonds. The van der Waals surface area contributed by atoms with Gasteiger partial charge in [0.25, 0.3) is 0 Å². The molecule has 2 heterocycles. The van der Waals surface area contributed by atoms with Crippen LogP contribution in [-0.2, 0) is 6.54 Å². The first-order chi connectivity index (χ1) is 14.7. The highest BCUT2D eigenvalue weighted by Gasteiger charge is 2.23. The summed E-state index contributed by atoms with van der Waals surface area (Å²) >= 11 is 12.4. The predicted octanol–water partition coefficient (Wildman–Crippen LogP) is 6.81. The standard InChI is InChI=1S/C25H27Cl2N3/c26-21-8-6-20(23(27)15-21)16-30-17-28-24-9-7-19(14-25(24)30)18-10-12-29(13-11-18)22-4-2-1-3-5-22/h6-10,14-15,17,22H,1-5,11-13,16H2. The Kier molecular flexibility index (Phi) is 5.86. The minimum atomic E-state index is 0.660. The summed E-state index contributed by atoms with van der Waals surface area (Å²) in [6.07, 6.45) is 12.4. The molecule has 3 nitrogen and oxygen atoms in total. The Morgan fingerprint density at radius 1 is 1.00 bits per heavy atom. The first kappa shape index (κ1) is 20.1. The summed E-state index contributed by atoms with van der Waals surface area (Å²) in [5.41, 5.74) is 5.99. The Balaban J connectivity index is 1.37. The van der Waals surface area contributed by atoms with Gasteiger partial charge in [-0.05, 0) is 60.2 Å². The minimum absolute atomic E-state index is 0.660. The Bertz CT molecular complexity index is 1080. The average Bonchev–Trinajstić information content (AvgIpc) is 3.18. The second-order valence-electron chi connectivity index (χ2n) is 8.58. The molecule has 30 heavy (non-hydrogen) atoms. The number of fused-ring (bicyclic) bond motifs is 1. The van der Waals surface area contributed by atoms with Gasteiger partial charge in [-0.1, -0.05) is 60.7 Å². The summed E-state index contributed by atoms with van der Waals surface area (Å²) in [5.74, 6) is 0. The largest absolute Gasteiger partial charge is 0.326 e. The quantitative estimate of drug-likeness (QED) is 0.444. The number of hydrogen-bond acceptors (Lipinski definition) is 2. The SMILES string of the molecule is Clc1ccc(Cn2cnc3ccc(C4=CCN(C5CCCCC5)CC4)cc32)c(Cl)c1. The summed E-state index contributed by atoms with van der Waals surface area (Å²) in [5, 5.41) is 1.35. The van der Waals surface area contributed by atoms with E-state index in [0.717, 1.165) is 35.6 Å². The molecular weight excluding hydrogens is 413 g/mol. The van der Waals surface area contributed by atoms with Crippen molar-refractivity contribution in [3.05, 3.63) is 70.0 Å². The summed E-state index contributed by atoms with van der Waals surface area (Å²) in [4.78, 5) is 7.28. The van der Waals surface area contributed by atoms with Gasteiger partial charge >= 0.3 is 0 Å². The van der Waals surface area contributed by atoms with Crippen LogP contribution in [0.2, 0.25) is 10.0 Å². The Morgan fingerprint density at radius 3 is 2.63 bits per heavy atom. The molecule has 1 saturated carbocycles. The minimum Gasteiger partial charge on any atom is -0.326 e. The second-order valence-corrected chi connectivity index (χ2v) is 9.42. The topological polar surface area (TPSA) is 21.1 Å². The average molecular weight is 440 g/mol. The fraction of sp³-hybridized carbons (Fsp3) is 0.400. The first-order valence-corrected chi connectivity index (χ1v) is 11.8. The molecule has 0 N–H and O–H groups in total. The van der Waals surface area contributed by atoms with Crippen molar-refractivity contribution in [2.24, 2.45) is 0 Å². The summed E-state index contributed by atoms with van der Waals surface area (Å²) in [6, 6.07) is 13.1.